The van der Waals surface area contributed by atoms with Gasteiger partial charge in [0, 0.05) is 5.56 Å². The number of thioether (sulfide) groups is 1. The molecule has 0 aliphatic carbocycles. The zero-order chi connectivity index (χ0) is 18.7. The molecule has 8 heteroatoms. The molecule has 6 nitrogen and oxygen atoms in total. The van der Waals surface area contributed by atoms with E-state index in [9.17, 15) is 13.2 Å². The molecular formula is C18H16N2O4S2. The molecule has 2 N–H and O–H groups in total. The highest BCUT2D eigenvalue weighted by Gasteiger charge is 2.28. The van der Waals surface area contributed by atoms with E-state index in [4.69, 9.17) is 10.2 Å². The van der Waals surface area contributed by atoms with Gasteiger partial charge in [0.2, 0.25) is 31.8 Å². The van der Waals surface area contributed by atoms with Gasteiger partial charge in [0.25, 0.3) is 0 Å². The first-order chi connectivity index (χ1) is 12.4. The lowest BCUT2D eigenvalue weighted by molar-refractivity contribution is -0.115. The second kappa shape index (κ2) is 7.35. The minimum atomic E-state index is -3.89. The summed E-state index contributed by atoms with van der Waals surface area (Å²) in [5, 5.41) is -0.172. The van der Waals surface area contributed by atoms with E-state index < -0.39 is 15.7 Å². The molecule has 1 amide bonds. The average Bonchev–Trinajstić information content (AvgIpc) is 3.06. The monoisotopic (exact) mass is 388 g/mol. The highest BCUT2D eigenvalue weighted by atomic mass is 32.2. The summed E-state index contributed by atoms with van der Waals surface area (Å²) >= 11 is 0.912. The fraction of sp³-hybridized carbons (Fsp3) is 0.111. The molecule has 26 heavy (non-hydrogen) atoms. The quantitative estimate of drug-likeness (QED) is 0.651. The summed E-state index contributed by atoms with van der Waals surface area (Å²) in [4.78, 5) is 15.4. The van der Waals surface area contributed by atoms with Crippen LogP contribution in [0.25, 0.3) is 11.5 Å². The van der Waals surface area contributed by atoms with Gasteiger partial charge in [-0.05, 0) is 31.2 Å². The molecule has 0 spiro atoms. The Labute approximate surface area is 155 Å². The first kappa shape index (κ1) is 18.2. The molecule has 1 aromatic heterocycles. The molecule has 0 radical (unpaired) electrons. The van der Waals surface area contributed by atoms with Crippen molar-refractivity contribution in [2.75, 3.05) is 5.75 Å². The van der Waals surface area contributed by atoms with Gasteiger partial charge in [0.05, 0.1) is 10.6 Å². The lowest BCUT2D eigenvalue weighted by Gasteiger charge is -2.02. The standard InChI is InChI=1S/C18H16N2O4S2/c1-12-7-9-13(10-8-12)16-20-17(18(24-16)25-11-15(19)21)26(22,23)14-5-3-2-4-6-14/h2-10H,11H2,1H3,(H2,19,21). The molecule has 0 aliphatic rings. The zero-order valence-electron chi connectivity index (χ0n) is 13.9. The molecule has 0 saturated heterocycles. The molecule has 0 atom stereocenters. The topological polar surface area (TPSA) is 103 Å². The molecule has 0 bridgehead atoms. The first-order valence-corrected chi connectivity index (χ1v) is 10.1. The SMILES string of the molecule is Cc1ccc(-c2nc(S(=O)(=O)c3ccccc3)c(SCC(N)=O)o2)cc1. The van der Waals surface area contributed by atoms with E-state index in [-0.39, 0.29) is 26.7 Å². The van der Waals surface area contributed by atoms with Crippen molar-refractivity contribution in [2.24, 2.45) is 5.73 Å². The van der Waals surface area contributed by atoms with Gasteiger partial charge in [0.15, 0.2) is 0 Å². The maximum Gasteiger partial charge on any atom is 0.228 e. The predicted octanol–water partition coefficient (Wildman–Crippen LogP) is 3.06. The molecule has 134 valence electrons. The van der Waals surface area contributed by atoms with Crippen LogP contribution < -0.4 is 5.73 Å². The van der Waals surface area contributed by atoms with Crippen LogP contribution >= 0.6 is 11.8 Å². The van der Waals surface area contributed by atoms with Crippen LogP contribution in [0, 0.1) is 6.92 Å². The van der Waals surface area contributed by atoms with Crippen molar-refractivity contribution in [3.63, 3.8) is 0 Å². The molecule has 3 aromatic rings. The normalized spacial score (nSPS) is 11.4. The van der Waals surface area contributed by atoms with Crippen molar-refractivity contribution in [2.45, 2.75) is 21.9 Å². The number of aromatic nitrogens is 1. The van der Waals surface area contributed by atoms with Crippen LogP contribution in [0.3, 0.4) is 0 Å². The average molecular weight is 388 g/mol. The number of nitrogens with zero attached hydrogens (tertiary/aromatic N) is 1. The van der Waals surface area contributed by atoms with Crippen LogP contribution in [0.5, 0.6) is 0 Å². The van der Waals surface area contributed by atoms with Gasteiger partial charge >= 0.3 is 0 Å². The smallest absolute Gasteiger partial charge is 0.228 e. The summed E-state index contributed by atoms with van der Waals surface area (Å²) in [6, 6.07) is 15.3. The van der Waals surface area contributed by atoms with E-state index in [0.29, 0.717) is 5.56 Å². The van der Waals surface area contributed by atoms with Crippen LogP contribution in [0.15, 0.2) is 74.0 Å². The number of hydrogen-bond acceptors (Lipinski definition) is 6. The summed E-state index contributed by atoms with van der Waals surface area (Å²) < 4.78 is 31.6. The van der Waals surface area contributed by atoms with Crippen LogP contribution in [-0.4, -0.2) is 25.1 Å². The number of carbonyl (C=O) groups excluding carboxylic acids is 1. The van der Waals surface area contributed by atoms with E-state index in [1.54, 1.807) is 30.3 Å². The Balaban J connectivity index is 2.10. The van der Waals surface area contributed by atoms with E-state index in [1.807, 2.05) is 19.1 Å². The van der Waals surface area contributed by atoms with Crippen molar-refractivity contribution >= 4 is 27.5 Å². The van der Waals surface area contributed by atoms with Gasteiger partial charge in [-0.3, -0.25) is 4.79 Å². The largest absolute Gasteiger partial charge is 0.428 e. The van der Waals surface area contributed by atoms with Gasteiger partial charge in [0.1, 0.15) is 0 Å². The van der Waals surface area contributed by atoms with Crippen LogP contribution in [0.1, 0.15) is 5.56 Å². The number of carbonyl (C=O) groups is 1. The minimum absolute atomic E-state index is 0.0447. The molecule has 1 heterocycles. The van der Waals surface area contributed by atoms with Crippen molar-refractivity contribution in [1.29, 1.82) is 0 Å². The van der Waals surface area contributed by atoms with Crippen LogP contribution in [0.2, 0.25) is 0 Å². The van der Waals surface area contributed by atoms with Gasteiger partial charge in [-0.2, -0.15) is 4.98 Å². The number of amides is 1. The number of aryl methyl sites for hydroxylation is 1. The van der Waals surface area contributed by atoms with E-state index in [1.165, 1.54) is 12.1 Å². The Morgan fingerprint density at radius 3 is 2.38 bits per heavy atom. The molecule has 0 fully saturated rings. The van der Waals surface area contributed by atoms with Crippen molar-refractivity contribution in [1.82, 2.24) is 4.98 Å². The highest BCUT2D eigenvalue weighted by molar-refractivity contribution is 8.00. The maximum atomic E-state index is 12.9. The summed E-state index contributed by atoms with van der Waals surface area (Å²) in [5.41, 5.74) is 6.87. The number of hydrogen-bond donors (Lipinski definition) is 1. The second-order valence-electron chi connectivity index (χ2n) is 5.55. The lowest BCUT2D eigenvalue weighted by Crippen LogP contribution is -2.13. The Hall–Kier alpha value is -2.58. The highest BCUT2D eigenvalue weighted by Crippen LogP contribution is 2.34. The zero-order valence-corrected chi connectivity index (χ0v) is 15.5. The van der Waals surface area contributed by atoms with Crippen LogP contribution in [0.4, 0.5) is 0 Å². The fourth-order valence-corrected chi connectivity index (χ4v) is 4.51. The first-order valence-electron chi connectivity index (χ1n) is 7.67. The predicted molar refractivity (Wildman–Crippen MR) is 98.5 cm³/mol. The number of primary amides is 1. The third-order valence-corrected chi connectivity index (χ3v) is 6.29. The van der Waals surface area contributed by atoms with Gasteiger partial charge < -0.3 is 10.2 Å². The van der Waals surface area contributed by atoms with Crippen LogP contribution in [-0.2, 0) is 14.6 Å². The summed E-state index contributed by atoms with van der Waals surface area (Å²) in [7, 11) is -3.89. The molecular weight excluding hydrogens is 372 g/mol. The van der Waals surface area contributed by atoms with Crippen molar-refractivity contribution in [3.05, 3.63) is 60.2 Å². The third-order valence-electron chi connectivity index (χ3n) is 3.52. The second-order valence-corrected chi connectivity index (χ2v) is 8.36. The number of sulfone groups is 1. The van der Waals surface area contributed by atoms with Gasteiger partial charge in [-0.25, -0.2) is 8.42 Å². The molecule has 2 aromatic carbocycles. The third kappa shape index (κ3) is 3.81. The fourth-order valence-electron chi connectivity index (χ4n) is 2.22. The summed E-state index contributed by atoms with van der Waals surface area (Å²) in [5.74, 6) is -0.516. The number of nitrogens with two attached hydrogens (primary N) is 1. The number of benzene rings is 2. The minimum Gasteiger partial charge on any atom is -0.428 e. The lowest BCUT2D eigenvalue weighted by atomic mass is 10.1. The van der Waals surface area contributed by atoms with Crippen molar-refractivity contribution < 1.29 is 17.6 Å². The Kier molecular flexibility index (Phi) is 5.15. The molecule has 0 saturated carbocycles. The maximum absolute atomic E-state index is 12.9. The van der Waals surface area contributed by atoms with Gasteiger partial charge in [-0.15, -0.1) is 0 Å². The Bertz CT molecular complexity index is 1030. The van der Waals surface area contributed by atoms with E-state index in [2.05, 4.69) is 4.98 Å². The molecule has 3 rings (SSSR count). The van der Waals surface area contributed by atoms with Gasteiger partial charge in [-0.1, -0.05) is 47.7 Å². The Morgan fingerprint density at radius 1 is 1.12 bits per heavy atom. The summed E-state index contributed by atoms with van der Waals surface area (Å²) in [6.45, 7) is 1.94. The van der Waals surface area contributed by atoms with E-state index in [0.717, 1.165) is 17.3 Å². The van der Waals surface area contributed by atoms with Crippen molar-refractivity contribution in [3.8, 4) is 11.5 Å². The molecule has 0 aliphatic heterocycles. The summed E-state index contributed by atoms with van der Waals surface area (Å²) in [6.07, 6.45) is 0. The number of rotatable bonds is 6. The Morgan fingerprint density at radius 2 is 1.77 bits per heavy atom. The van der Waals surface area contributed by atoms with E-state index >= 15 is 0 Å². The molecule has 0 unspecified atom stereocenters. The number of oxazole rings is 1.